The molecule has 6 aliphatic carbocycles. The van der Waals surface area contributed by atoms with Crippen molar-refractivity contribution < 1.29 is 9.53 Å². The van der Waals surface area contributed by atoms with Crippen LogP contribution in [0.3, 0.4) is 0 Å². The molecule has 0 aromatic carbocycles. The van der Waals surface area contributed by atoms with Crippen molar-refractivity contribution >= 4 is 5.91 Å². The van der Waals surface area contributed by atoms with Crippen LogP contribution < -0.4 is 0 Å². The highest BCUT2D eigenvalue weighted by Gasteiger charge is 2.73. The van der Waals surface area contributed by atoms with Crippen LogP contribution in [0.5, 0.6) is 0 Å². The Morgan fingerprint density at radius 3 is 2.05 bits per heavy atom. The smallest absolute Gasteiger partial charge is 0.229 e. The van der Waals surface area contributed by atoms with Crippen LogP contribution in [0, 0.1) is 68.0 Å². The molecule has 10 atom stereocenters. The van der Waals surface area contributed by atoms with Crippen LogP contribution in [-0.4, -0.2) is 37.1 Å². The van der Waals surface area contributed by atoms with Crippen LogP contribution in [0.25, 0.3) is 0 Å². The standard InChI is InChI=1S/C38H63NO2/c1-25-11-16-35(5)29(33(25,2)3)13-17-37(7)30(35)10-9-28-31-27(34(4)19-20-34)12-18-38(31,22-21-36(28,37)6)32(40)39-23-14-26(41-8)15-24-39/h25-31H,9-24H2,1-8H3/t25-,27+,28+,29-,30+,31+,35-,36+,37+,38-/m0/s1. The second-order valence-corrected chi connectivity index (χ2v) is 18.6. The number of hydrogen-bond donors (Lipinski definition) is 0. The van der Waals surface area contributed by atoms with Crippen LogP contribution in [0.15, 0.2) is 0 Å². The molecule has 3 heteroatoms. The second-order valence-electron chi connectivity index (χ2n) is 18.6. The number of methoxy groups -OCH3 is 1. The summed E-state index contributed by atoms with van der Waals surface area (Å²) in [7, 11) is 1.84. The van der Waals surface area contributed by atoms with Crippen LogP contribution in [0.1, 0.15) is 138 Å². The number of fused-ring (bicyclic) bond motifs is 7. The Morgan fingerprint density at radius 2 is 1.39 bits per heavy atom. The molecule has 0 aromatic heterocycles. The lowest BCUT2D eigenvalue weighted by Crippen LogP contribution is -2.67. The molecule has 7 aliphatic rings. The fourth-order valence-electron chi connectivity index (χ4n) is 14.1. The monoisotopic (exact) mass is 565 g/mol. The van der Waals surface area contributed by atoms with Gasteiger partial charge in [0.05, 0.1) is 11.5 Å². The largest absolute Gasteiger partial charge is 0.381 e. The van der Waals surface area contributed by atoms with Gasteiger partial charge in [-0.2, -0.15) is 0 Å². The molecule has 0 aromatic rings. The van der Waals surface area contributed by atoms with Gasteiger partial charge in [-0.1, -0.05) is 48.5 Å². The molecular weight excluding hydrogens is 502 g/mol. The predicted molar refractivity (Wildman–Crippen MR) is 167 cm³/mol. The number of piperidine rings is 1. The molecule has 0 spiro atoms. The molecule has 7 fully saturated rings. The van der Waals surface area contributed by atoms with Gasteiger partial charge in [-0.3, -0.25) is 4.79 Å². The van der Waals surface area contributed by atoms with Gasteiger partial charge < -0.3 is 9.64 Å². The third-order valence-electron chi connectivity index (χ3n) is 17.4. The van der Waals surface area contributed by atoms with Crippen LogP contribution in [0.4, 0.5) is 0 Å². The third-order valence-corrected chi connectivity index (χ3v) is 17.4. The molecule has 1 heterocycles. The Kier molecular flexibility index (Phi) is 6.56. The molecule has 7 rings (SSSR count). The van der Waals surface area contributed by atoms with Crippen LogP contribution >= 0.6 is 0 Å². The number of carbonyl (C=O) groups excluding carboxylic acids is 1. The minimum Gasteiger partial charge on any atom is -0.381 e. The minimum atomic E-state index is -0.0904. The summed E-state index contributed by atoms with van der Waals surface area (Å²) < 4.78 is 5.69. The van der Waals surface area contributed by atoms with E-state index < -0.39 is 0 Å². The highest BCUT2D eigenvalue weighted by Crippen LogP contribution is 2.79. The number of likely N-dealkylation sites (tertiary alicyclic amines) is 1. The van der Waals surface area contributed by atoms with Crippen molar-refractivity contribution in [3.63, 3.8) is 0 Å². The molecule has 0 N–H and O–H groups in total. The highest BCUT2D eigenvalue weighted by molar-refractivity contribution is 5.84. The SMILES string of the molecule is COC1CCN(C(=O)[C@]23CC[C@@H](C4(C)CC4)[C@@H]2[C@H]2CC[C@@H]4[C@@]5(C)CC[C@H](C)C(C)(C)[C@@H]5CC[C@@]4(C)[C@]2(C)CC3)CC1. The zero-order chi connectivity index (χ0) is 29.2. The van der Waals surface area contributed by atoms with Crippen LogP contribution in [0.2, 0.25) is 0 Å². The quantitative estimate of drug-likeness (QED) is 0.341. The van der Waals surface area contributed by atoms with E-state index in [9.17, 15) is 4.79 Å². The first kappa shape index (κ1) is 29.2. The van der Waals surface area contributed by atoms with Crippen molar-refractivity contribution in [3.8, 4) is 0 Å². The van der Waals surface area contributed by atoms with Gasteiger partial charge in [0.1, 0.15) is 0 Å². The van der Waals surface area contributed by atoms with Gasteiger partial charge in [-0.15, -0.1) is 0 Å². The number of amides is 1. The van der Waals surface area contributed by atoms with Crippen molar-refractivity contribution in [2.45, 2.75) is 144 Å². The summed E-state index contributed by atoms with van der Waals surface area (Å²) in [6.07, 6.45) is 18.6. The highest BCUT2D eigenvalue weighted by atomic mass is 16.5. The number of ether oxygens (including phenoxy) is 1. The minimum absolute atomic E-state index is 0.0904. The second kappa shape index (κ2) is 9.23. The first-order chi connectivity index (χ1) is 19.3. The van der Waals surface area contributed by atoms with Crippen molar-refractivity contribution in [1.82, 2.24) is 4.90 Å². The van der Waals surface area contributed by atoms with Gasteiger partial charge in [-0.25, -0.2) is 0 Å². The molecule has 6 saturated carbocycles. The summed E-state index contributed by atoms with van der Waals surface area (Å²) in [6, 6.07) is 0. The lowest BCUT2D eigenvalue weighted by Gasteiger charge is -2.73. The van der Waals surface area contributed by atoms with E-state index >= 15 is 0 Å². The maximum absolute atomic E-state index is 14.8. The molecule has 0 bridgehead atoms. The van der Waals surface area contributed by atoms with Gasteiger partial charge >= 0.3 is 0 Å². The number of nitrogens with zero attached hydrogens (tertiary/aromatic N) is 1. The van der Waals surface area contributed by atoms with Crippen molar-refractivity contribution in [2.24, 2.45) is 68.0 Å². The normalized spacial score (nSPS) is 52.1. The number of carbonyl (C=O) groups is 1. The Bertz CT molecular complexity index is 1050. The Labute approximate surface area is 252 Å². The molecule has 1 saturated heterocycles. The van der Waals surface area contributed by atoms with Gasteiger partial charge in [0, 0.05) is 20.2 Å². The van der Waals surface area contributed by atoms with E-state index in [1.165, 1.54) is 70.6 Å². The Hall–Kier alpha value is -0.570. The van der Waals surface area contributed by atoms with E-state index in [0.717, 1.165) is 61.9 Å². The molecule has 0 radical (unpaired) electrons. The van der Waals surface area contributed by atoms with Gasteiger partial charge in [0.2, 0.25) is 5.91 Å². The molecule has 1 amide bonds. The fourth-order valence-corrected chi connectivity index (χ4v) is 14.1. The summed E-state index contributed by atoms with van der Waals surface area (Å²) in [5.41, 5.74) is 2.11. The Morgan fingerprint density at radius 1 is 0.683 bits per heavy atom. The Balaban J connectivity index is 1.24. The summed E-state index contributed by atoms with van der Waals surface area (Å²) in [4.78, 5) is 17.1. The van der Waals surface area contributed by atoms with E-state index in [0.29, 0.717) is 45.0 Å². The van der Waals surface area contributed by atoms with E-state index in [-0.39, 0.29) is 5.41 Å². The van der Waals surface area contributed by atoms with Crippen molar-refractivity contribution in [1.29, 1.82) is 0 Å². The van der Waals surface area contributed by atoms with E-state index in [1.807, 2.05) is 7.11 Å². The molecule has 232 valence electrons. The average molecular weight is 566 g/mol. The summed E-state index contributed by atoms with van der Waals surface area (Å²) in [5, 5.41) is 0. The summed E-state index contributed by atoms with van der Waals surface area (Å²) in [6.45, 7) is 20.5. The first-order valence-corrected chi connectivity index (χ1v) is 18.1. The predicted octanol–water partition coefficient (Wildman–Crippen LogP) is 9.14. The van der Waals surface area contributed by atoms with Crippen LogP contribution in [-0.2, 0) is 9.53 Å². The molecular formula is C38H63NO2. The zero-order valence-electron chi connectivity index (χ0n) is 28.1. The topological polar surface area (TPSA) is 29.5 Å². The summed E-state index contributed by atoms with van der Waals surface area (Å²) in [5.74, 6) is 5.19. The van der Waals surface area contributed by atoms with E-state index in [2.05, 4.69) is 53.4 Å². The van der Waals surface area contributed by atoms with Crippen molar-refractivity contribution in [3.05, 3.63) is 0 Å². The van der Waals surface area contributed by atoms with E-state index in [4.69, 9.17) is 4.74 Å². The fraction of sp³-hybridized carbons (Fsp3) is 0.974. The first-order valence-electron chi connectivity index (χ1n) is 18.1. The summed E-state index contributed by atoms with van der Waals surface area (Å²) >= 11 is 0. The lowest BCUT2D eigenvalue weighted by atomic mass is 9.32. The third kappa shape index (κ3) is 3.75. The average Bonchev–Trinajstić information content (AvgIpc) is 3.56. The van der Waals surface area contributed by atoms with Gasteiger partial charge in [0.15, 0.2) is 0 Å². The lowest BCUT2D eigenvalue weighted by molar-refractivity contribution is -0.244. The molecule has 0 unspecified atom stereocenters. The molecule has 1 aliphatic heterocycles. The van der Waals surface area contributed by atoms with E-state index in [1.54, 1.807) is 0 Å². The number of rotatable bonds is 3. The van der Waals surface area contributed by atoms with Gasteiger partial charge in [-0.05, 0) is 152 Å². The maximum atomic E-state index is 14.8. The maximum Gasteiger partial charge on any atom is 0.229 e. The van der Waals surface area contributed by atoms with Gasteiger partial charge in [0.25, 0.3) is 0 Å². The zero-order valence-corrected chi connectivity index (χ0v) is 28.1. The molecule has 41 heavy (non-hydrogen) atoms. The number of hydrogen-bond acceptors (Lipinski definition) is 2. The molecule has 3 nitrogen and oxygen atoms in total. The van der Waals surface area contributed by atoms with Crippen molar-refractivity contribution in [2.75, 3.05) is 20.2 Å².